The Morgan fingerprint density at radius 2 is 2.27 bits per heavy atom. The van der Waals surface area contributed by atoms with E-state index < -0.39 is 5.97 Å². The maximum absolute atomic E-state index is 10.2. The fourth-order valence-corrected chi connectivity index (χ4v) is 1.10. The zero-order valence-electron chi connectivity index (χ0n) is 8.64. The Labute approximate surface area is 89.0 Å². The lowest BCUT2D eigenvalue weighted by Gasteiger charge is -2.03. The molecule has 0 spiro atoms. The normalized spacial score (nSPS) is 10.5. The molecule has 0 heterocycles. The molecule has 0 bridgehead atoms. The highest BCUT2D eigenvalue weighted by Crippen LogP contribution is 2.11. The summed E-state index contributed by atoms with van der Waals surface area (Å²) >= 11 is 0. The minimum absolute atomic E-state index is 0.0389. The third-order valence-corrected chi connectivity index (χ3v) is 1.79. The number of benzene rings is 1. The molecule has 0 fully saturated rings. The van der Waals surface area contributed by atoms with Gasteiger partial charge in [0.2, 0.25) is 0 Å². The topological polar surface area (TPSA) is 46.5 Å². The van der Waals surface area contributed by atoms with Crippen molar-refractivity contribution in [2.45, 2.75) is 13.3 Å². The Hall–Kier alpha value is -1.77. The Morgan fingerprint density at radius 1 is 1.47 bits per heavy atom. The van der Waals surface area contributed by atoms with E-state index in [-0.39, 0.29) is 6.42 Å². The fraction of sp³-hybridized carbons (Fsp3) is 0.250. The summed E-state index contributed by atoms with van der Waals surface area (Å²) in [5.74, 6) is -0.0308. The van der Waals surface area contributed by atoms with E-state index in [1.807, 2.05) is 31.2 Å². The van der Waals surface area contributed by atoms with Crippen LogP contribution in [0.25, 0.3) is 0 Å². The molecule has 0 aromatic heterocycles. The molecule has 3 heteroatoms. The van der Waals surface area contributed by atoms with Crippen LogP contribution in [0.5, 0.6) is 5.75 Å². The lowest BCUT2D eigenvalue weighted by atomic mass is 10.2. The molecule has 1 aromatic carbocycles. The van der Waals surface area contributed by atoms with Crippen molar-refractivity contribution in [3.63, 3.8) is 0 Å². The second kappa shape index (κ2) is 5.86. The molecule has 0 aliphatic carbocycles. The van der Waals surface area contributed by atoms with Crippen LogP contribution in [0.4, 0.5) is 0 Å². The predicted octanol–water partition coefficient (Wildman–Crippen LogP) is 2.40. The monoisotopic (exact) mass is 206 g/mol. The Balaban J connectivity index is 2.31. The summed E-state index contributed by atoms with van der Waals surface area (Å²) in [5, 5.41) is 8.37. The van der Waals surface area contributed by atoms with Crippen molar-refractivity contribution in [1.29, 1.82) is 0 Å². The van der Waals surface area contributed by atoms with Crippen molar-refractivity contribution in [3.05, 3.63) is 42.0 Å². The molecular formula is C12H14O3. The van der Waals surface area contributed by atoms with Gasteiger partial charge in [-0.1, -0.05) is 24.3 Å². The zero-order chi connectivity index (χ0) is 11.1. The highest BCUT2D eigenvalue weighted by atomic mass is 16.5. The lowest BCUT2D eigenvalue weighted by Crippen LogP contribution is -1.95. The van der Waals surface area contributed by atoms with Gasteiger partial charge in [-0.25, -0.2) is 0 Å². The SMILES string of the molecule is Cc1cccc(OC/C=C/CC(=O)O)c1. The number of ether oxygens (including phenoxy) is 1. The summed E-state index contributed by atoms with van der Waals surface area (Å²) in [6.45, 7) is 2.39. The summed E-state index contributed by atoms with van der Waals surface area (Å²) in [7, 11) is 0. The molecular weight excluding hydrogens is 192 g/mol. The number of hydrogen-bond donors (Lipinski definition) is 1. The molecule has 1 N–H and O–H groups in total. The quantitative estimate of drug-likeness (QED) is 0.752. The zero-order valence-corrected chi connectivity index (χ0v) is 8.64. The van der Waals surface area contributed by atoms with Crippen molar-refractivity contribution in [1.82, 2.24) is 0 Å². The summed E-state index contributed by atoms with van der Waals surface area (Å²) in [5.41, 5.74) is 1.14. The molecule has 1 aromatic rings. The smallest absolute Gasteiger partial charge is 0.307 e. The average molecular weight is 206 g/mol. The maximum Gasteiger partial charge on any atom is 0.307 e. The van der Waals surface area contributed by atoms with Gasteiger partial charge in [-0.05, 0) is 24.6 Å². The van der Waals surface area contributed by atoms with Crippen molar-refractivity contribution < 1.29 is 14.6 Å². The summed E-state index contributed by atoms with van der Waals surface area (Å²) in [6.07, 6.45) is 3.33. The first kappa shape index (κ1) is 11.3. The van der Waals surface area contributed by atoms with Gasteiger partial charge < -0.3 is 9.84 Å². The van der Waals surface area contributed by atoms with E-state index in [0.717, 1.165) is 11.3 Å². The molecule has 0 aliphatic rings. The molecule has 0 radical (unpaired) electrons. The second-order valence-electron chi connectivity index (χ2n) is 3.20. The summed E-state index contributed by atoms with van der Waals surface area (Å²) in [4.78, 5) is 10.2. The number of hydrogen-bond acceptors (Lipinski definition) is 2. The van der Waals surface area contributed by atoms with Crippen LogP contribution in [0.1, 0.15) is 12.0 Å². The van der Waals surface area contributed by atoms with Gasteiger partial charge in [0.15, 0.2) is 0 Å². The van der Waals surface area contributed by atoms with Crippen LogP contribution in [-0.4, -0.2) is 17.7 Å². The van der Waals surface area contributed by atoms with Gasteiger partial charge in [-0.15, -0.1) is 0 Å². The molecule has 1 rings (SSSR count). The van der Waals surface area contributed by atoms with Crippen molar-refractivity contribution in [3.8, 4) is 5.75 Å². The largest absolute Gasteiger partial charge is 0.490 e. The number of aryl methyl sites for hydroxylation is 1. The number of carboxylic acid groups (broad SMARTS) is 1. The minimum atomic E-state index is -0.832. The van der Waals surface area contributed by atoms with Gasteiger partial charge in [-0.3, -0.25) is 4.79 Å². The first-order valence-corrected chi connectivity index (χ1v) is 4.75. The van der Waals surface area contributed by atoms with Gasteiger partial charge >= 0.3 is 5.97 Å². The molecule has 0 unspecified atom stereocenters. The first-order valence-electron chi connectivity index (χ1n) is 4.75. The highest BCUT2D eigenvalue weighted by Gasteiger charge is 1.92. The Kier molecular flexibility index (Phi) is 4.41. The molecule has 15 heavy (non-hydrogen) atoms. The minimum Gasteiger partial charge on any atom is -0.490 e. The number of carboxylic acids is 1. The lowest BCUT2D eigenvalue weighted by molar-refractivity contribution is -0.136. The van der Waals surface area contributed by atoms with E-state index >= 15 is 0 Å². The van der Waals surface area contributed by atoms with E-state index in [0.29, 0.717) is 6.61 Å². The van der Waals surface area contributed by atoms with E-state index in [2.05, 4.69) is 0 Å². The average Bonchev–Trinajstić information content (AvgIpc) is 2.17. The van der Waals surface area contributed by atoms with Gasteiger partial charge in [-0.2, -0.15) is 0 Å². The molecule has 0 saturated carbocycles. The molecule has 0 aliphatic heterocycles. The Bertz CT molecular complexity index is 356. The van der Waals surface area contributed by atoms with Crippen molar-refractivity contribution >= 4 is 5.97 Å². The van der Waals surface area contributed by atoms with Crippen LogP contribution in [0.15, 0.2) is 36.4 Å². The Morgan fingerprint density at radius 3 is 2.93 bits per heavy atom. The molecule has 3 nitrogen and oxygen atoms in total. The summed E-state index contributed by atoms with van der Waals surface area (Å²) < 4.78 is 5.39. The highest BCUT2D eigenvalue weighted by molar-refractivity contribution is 5.68. The van der Waals surface area contributed by atoms with Gasteiger partial charge in [0.1, 0.15) is 12.4 Å². The second-order valence-corrected chi connectivity index (χ2v) is 3.20. The summed E-state index contributed by atoms with van der Waals surface area (Å²) in [6, 6.07) is 7.72. The standard InChI is InChI=1S/C12H14O3/c1-10-5-4-6-11(9-10)15-8-3-2-7-12(13)14/h2-6,9H,7-8H2,1H3,(H,13,14)/b3-2+. The molecule has 80 valence electrons. The molecule has 0 amide bonds. The van der Waals surface area contributed by atoms with E-state index in [1.54, 1.807) is 12.2 Å². The maximum atomic E-state index is 10.2. The predicted molar refractivity (Wildman–Crippen MR) is 58.1 cm³/mol. The van der Waals surface area contributed by atoms with Gasteiger partial charge in [0.05, 0.1) is 6.42 Å². The van der Waals surface area contributed by atoms with Crippen molar-refractivity contribution in [2.24, 2.45) is 0 Å². The van der Waals surface area contributed by atoms with Crippen LogP contribution in [-0.2, 0) is 4.79 Å². The first-order chi connectivity index (χ1) is 7.18. The molecule has 0 atom stereocenters. The van der Waals surface area contributed by atoms with E-state index in [1.165, 1.54) is 0 Å². The number of rotatable bonds is 5. The van der Waals surface area contributed by atoms with Crippen LogP contribution >= 0.6 is 0 Å². The van der Waals surface area contributed by atoms with Crippen LogP contribution in [0.2, 0.25) is 0 Å². The van der Waals surface area contributed by atoms with E-state index in [9.17, 15) is 4.79 Å². The third-order valence-electron chi connectivity index (χ3n) is 1.79. The fourth-order valence-electron chi connectivity index (χ4n) is 1.10. The van der Waals surface area contributed by atoms with Crippen molar-refractivity contribution in [2.75, 3.05) is 6.61 Å². The van der Waals surface area contributed by atoms with E-state index in [4.69, 9.17) is 9.84 Å². The molecule has 0 saturated heterocycles. The number of aliphatic carboxylic acids is 1. The number of carbonyl (C=O) groups is 1. The van der Waals surface area contributed by atoms with Crippen LogP contribution in [0.3, 0.4) is 0 Å². The van der Waals surface area contributed by atoms with Gasteiger partial charge in [0.25, 0.3) is 0 Å². The van der Waals surface area contributed by atoms with Crippen LogP contribution in [0, 0.1) is 6.92 Å². The van der Waals surface area contributed by atoms with Gasteiger partial charge in [0, 0.05) is 0 Å². The van der Waals surface area contributed by atoms with Crippen LogP contribution < -0.4 is 4.74 Å². The third kappa shape index (κ3) is 4.86.